The molecule has 2 aromatic heterocycles. The number of benzene rings is 10. The lowest BCUT2D eigenvalue weighted by atomic mass is 9.70. The summed E-state index contributed by atoms with van der Waals surface area (Å²) in [7, 11) is 0. The number of hydrogen-bond donors (Lipinski definition) is 0. The molecule has 0 amide bonds. The molecule has 2 heterocycles. The van der Waals surface area contributed by atoms with Crippen molar-refractivity contribution in [2.75, 3.05) is 0 Å². The standard InChI is InChI=1S/C62H37N3/c63-38-39-29-32-46-47-33-30-41(37-55(47)62(54(46)35-39)52-24-10-7-19-44(52)45-20-8-11-25-53(45)62)40-31-34-57-51(36-40)61-49(23-14-28-59(61)65(57)43-17-5-2-6-18-43)48-22-13-27-58-60(48)50-21-9-12-26-56(50)64(58)42-15-3-1-4-16-42/h1-37H. The van der Waals surface area contributed by atoms with Crippen molar-refractivity contribution in [3.05, 3.63) is 252 Å². The number of aromatic nitrogens is 2. The monoisotopic (exact) mass is 823 g/mol. The molecule has 0 bridgehead atoms. The number of hydrogen-bond acceptors (Lipinski definition) is 1. The van der Waals surface area contributed by atoms with Gasteiger partial charge in [0, 0.05) is 32.9 Å². The lowest BCUT2D eigenvalue weighted by molar-refractivity contribution is 0.793. The summed E-state index contributed by atoms with van der Waals surface area (Å²) in [6.45, 7) is 0. The van der Waals surface area contributed by atoms with Crippen LogP contribution in [0.3, 0.4) is 0 Å². The highest BCUT2D eigenvalue weighted by molar-refractivity contribution is 6.22. The minimum atomic E-state index is -0.557. The summed E-state index contributed by atoms with van der Waals surface area (Å²) in [4.78, 5) is 0. The van der Waals surface area contributed by atoms with Gasteiger partial charge in [-0.25, -0.2) is 0 Å². The highest BCUT2D eigenvalue weighted by atomic mass is 15.0. The normalized spacial score (nSPS) is 13.0. The maximum atomic E-state index is 10.2. The molecular formula is C62H37N3. The van der Waals surface area contributed by atoms with Crippen LogP contribution in [-0.2, 0) is 5.41 Å². The largest absolute Gasteiger partial charge is 0.309 e. The Bertz CT molecular complexity index is 3970. The molecule has 3 nitrogen and oxygen atoms in total. The first kappa shape index (κ1) is 35.8. The first-order valence-corrected chi connectivity index (χ1v) is 22.3. The molecule has 2 aliphatic rings. The molecule has 10 aromatic carbocycles. The van der Waals surface area contributed by atoms with Crippen LogP contribution in [0.25, 0.3) is 99.5 Å². The lowest BCUT2D eigenvalue weighted by Crippen LogP contribution is -2.26. The van der Waals surface area contributed by atoms with Crippen molar-refractivity contribution in [1.29, 1.82) is 5.26 Å². The van der Waals surface area contributed by atoms with Gasteiger partial charge in [-0.2, -0.15) is 5.26 Å². The van der Waals surface area contributed by atoms with E-state index >= 15 is 0 Å². The zero-order valence-corrected chi connectivity index (χ0v) is 35.2. The van der Waals surface area contributed by atoms with Gasteiger partial charge in [-0.1, -0.05) is 152 Å². The van der Waals surface area contributed by atoms with Crippen LogP contribution in [0, 0.1) is 11.3 Å². The van der Waals surface area contributed by atoms with Gasteiger partial charge in [0.1, 0.15) is 0 Å². The second-order valence-corrected chi connectivity index (χ2v) is 17.5. The van der Waals surface area contributed by atoms with Crippen LogP contribution in [0.1, 0.15) is 27.8 Å². The van der Waals surface area contributed by atoms with E-state index in [1.165, 1.54) is 93.7 Å². The number of fused-ring (bicyclic) bond motifs is 16. The fourth-order valence-corrected chi connectivity index (χ4v) is 11.8. The predicted molar refractivity (Wildman–Crippen MR) is 267 cm³/mol. The Morgan fingerprint density at radius 1 is 0.323 bits per heavy atom. The van der Waals surface area contributed by atoms with Crippen molar-refractivity contribution < 1.29 is 0 Å². The molecule has 0 radical (unpaired) electrons. The van der Waals surface area contributed by atoms with Crippen LogP contribution in [-0.4, -0.2) is 9.13 Å². The van der Waals surface area contributed by atoms with Gasteiger partial charge in [-0.05, 0) is 140 Å². The van der Waals surface area contributed by atoms with Crippen molar-refractivity contribution in [3.63, 3.8) is 0 Å². The molecule has 0 N–H and O–H groups in total. The van der Waals surface area contributed by atoms with Gasteiger partial charge in [-0.3, -0.25) is 0 Å². The maximum Gasteiger partial charge on any atom is 0.0991 e. The second kappa shape index (κ2) is 13.4. The highest BCUT2D eigenvalue weighted by Gasteiger charge is 2.51. The van der Waals surface area contributed by atoms with Crippen LogP contribution in [0.4, 0.5) is 0 Å². The van der Waals surface area contributed by atoms with Crippen LogP contribution < -0.4 is 0 Å². The first-order valence-electron chi connectivity index (χ1n) is 22.3. The Kier molecular flexibility index (Phi) is 7.39. The van der Waals surface area contributed by atoms with Gasteiger partial charge in [0.2, 0.25) is 0 Å². The van der Waals surface area contributed by atoms with E-state index in [-0.39, 0.29) is 0 Å². The average Bonchev–Trinajstić information content (AvgIpc) is 4.08. The van der Waals surface area contributed by atoms with Gasteiger partial charge in [0.05, 0.1) is 39.1 Å². The van der Waals surface area contributed by atoms with Gasteiger partial charge in [0.15, 0.2) is 0 Å². The van der Waals surface area contributed by atoms with Gasteiger partial charge in [-0.15, -0.1) is 0 Å². The van der Waals surface area contributed by atoms with Crippen molar-refractivity contribution in [2.24, 2.45) is 0 Å². The van der Waals surface area contributed by atoms with Crippen LogP contribution in [0.15, 0.2) is 224 Å². The van der Waals surface area contributed by atoms with Crippen molar-refractivity contribution in [2.45, 2.75) is 5.41 Å². The van der Waals surface area contributed by atoms with E-state index in [2.05, 4.69) is 234 Å². The molecule has 12 aromatic rings. The average molecular weight is 824 g/mol. The van der Waals surface area contributed by atoms with E-state index in [1.54, 1.807) is 0 Å². The minimum absolute atomic E-state index is 0.557. The van der Waals surface area contributed by atoms with E-state index in [1.807, 2.05) is 6.07 Å². The number of rotatable bonds is 4. The van der Waals surface area contributed by atoms with Gasteiger partial charge >= 0.3 is 0 Å². The Hall–Kier alpha value is -8.71. The van der Waals surface area contributed by atoms with Crippen LogP contribution in [0.5, 0.6) is 0 Å². The molecule has 3 heteroatoms. The molecule has 0 atom stereocenters. The third kappa shape index (κ3) is 4.78. The van der Waals surface area contributed by atoms with Crippen LogP contribution >= 0.6 is 0 Å². The van der Waals surface area contributed by atoms with E-state index in [9.17, 15) is 5.26 Å². The minimum Gasteiger partial charge on any atom is -0.309 e. The lowest BCUT2D eigenvalue weighted by Gasteiger charge is -2.30. The summed E-state index contributed by atoms with van der Waals surface area (Å²) in [6.07, 6.45) is 0. The third-order valence-corrected chi connectivity index (χ3v) is 14.4. The first-order chi connectivity index (χ1) is 32.2. The summed E-state index contributed by atoms with van der Waals surface area (Å²) in [5, 5.41) is 15.1. The van der Waals surface area contributed by atoms with Crippen molar-refractivity contribution >= 4 is 43.6 Å². The van der Waals surface area contributed by atoms with E-state index in [0.717, 1.165) is 28.0 Å². The second-order valence-electron chi connectivity index (χ2n) is 17.5. The molecule has 65 heavy (non-hydrogen) atoms. The summed E-state index contributed by atoms with van der Waals surface area (Å²) in [6, 6.07) is 84.4. The summed E-state index contributed by atoms with van der Waals surface area (Å²) in [5.74, 6) is 0. The molecular weight excluding hydrogens is 787 g/mol. The Morgan fingerprint density at radius 3 is 1.43 bits per heavy atom. The molecule has 0 saturated carbocycles. The van der Waals surface area contributed by atoms with Crippen molar-refractivity contribution in [1.82, 2.24) is 9.13 Å². The summed E-state index contributed by atoms with van der Waals surface area (Å²) < 4.78 is 4.83. The molecule has 1 spiro atoms. The molecule has 0 aliphatic heterocycles. The summed E-state index contributed by atoms with van der Waals surface area (Å²) in [5.41, 5.74) is 21.7. The van der Waals surface area contributed by atoms with Crippen LogP contribution in [0.2, 0.25) is 0 Å². The Labute approximate surface area is 376 Å². The SMILES string of the molecule is N#Cc1ccc2c(c1)C1(c3ccccc3-c3ccccc31)c1cc(-c3ccc4c(c3)c3c(-c5cccc6c5c5ccccc5n6-c5ccccc5)cccc3n4-c3ccccc3)ccc1-2. The molecule has 0 saturated heterocycles. The predicted octanol–water partition coefficient (Wildman–Crippen LogP) is 15.4. The Balaban J connectivity index is 1.04. The number of para-hydroxylation sites is 3. The van der Waals surface area contributed by atoms with E-state index in [4.69, 9.17) is 0 Å². The molecule has 300 valence electrons. The number of nitriles is 1. The van der Waals surface area contributed by atoms with Crippen molar-refractivity contribution in [3.8, 4) is 62.0 Å². The molecule has 14 rings (SSSR count). The fraction of sp³-hybridized carbons (Fsp3) is 0.0161. The zero-order valence-electron chi connectivity index (χ0n) is 35.2. The Morgan fingerprint density at radius 2 is 0.785 bits per heavy atom. The maximum absolute atomic E-state index is 10.2. The van der Waals surface area contributed by atoms with Gasteiger partial charge < -0.3 is 9.13 Å². The topological polar surface area (TPSA) is 33.6 Å². The van der Waals surface area contributed by atoms with E-state index < -0.39 is 5.41 Å². The molecule has 0 fully saturated rings. The smallest absolute Gasteiger partial charge is 0.0991 e. The quantitative estimate of drug-likeness (QED) is 0.174. The molecule has 2 aliphatic carbocycles. The third-order valence-electron chi connectivity index (χ3n) is 14.4. The number of nitrogens with zero attached hydrogens (tertiary/aromatic N) is 3. The van der Waals surface area contributed by atoms with E-state index in [0.29, 0.717) is 5.56 Å². The molecule has 0 unspecified atom stereocenters. The highest BCUT2D eigenvalue weighted by Crippen LogP contribution is 2.63. The summed E-state index contributed by atoms with van der Waals surface area (Å²) >= 11 is 0. The fourth-order valence-electron chi connectivity index (χ4n) is 11.8. The zero-order chi connectivity index (χ0) is 42.8. The van der Waals surface area contributed by atoms with Gasteiger partial charge in [0.25, 0.3) is 0 Å².